The predicted octanol–water partition coefficient (Wildman–Crippen LogP) is 5.64. The molecule has 0 aromatic heterocycles. The van der Waals surface area contributed by atoms with E-state index in [0.29, 0.717) is 23.2 Å². The third-order valence-corrected chi connectivity index (χ3v) is 11.6. The van der Waals surface area contributed by atoms with Gasteiger partial charge in [-0.15, -0.1) is 0 Å². The number of hydrogen-bond donors (Lipinski definition) is 2. The topological polar surface area (TPSA) is 49.3 Å². The third kappa shape index (κ3) is 5.24. The first kappa shape index (κ1) is 26.5. The molecule has 4 aliphatic carbocycles. The Morgan fingerprint density at radius 2 is 1.71 bits per heavy atom. The van der Waals surface area contributed by atoms with E-state index >= 15 is 0 Å². The summed E-state index contributed by atoms with van der Waals surface area (Å²) in [5.41, 5.74) is 0.941. The number of aliphatic hydroxyl groups is 1. The zero-order valence-electron chi connectivity index (χ0n) is 23.2. The van der Waals surface area contributed by atoms with Crippen molar-refractivity contribution in [3.63, 3.8) is 0 Å². The molecule has 0 spiro atoms. The van der Waals surface area contributed by atoms with Crippen molar-refractivity contribution in [2.24, 2.45) is 46.3 Å². The Morgan fingerprint density at radius 1 is 1.00 bits per heavy atom. The molecule has 0 radical (unpaired) electrons. The van der Waals surface area contributed by atoms with Crippen molar-refractivity contribution in [2.45, 2.75) is 104 Å². The van der Waals surface area contributed by atoms with Crippen molar-refractivity contribution < 1.29 is 14.4 Å². The van der Waals surface area contributed by atoms with Crippen LogP contribution in [-0.4, -0.2) is 55.8 Å². The van der Waals surface area contributed by atoms with E-state index in [9.17, 15) is 9.90 Å². The number of carbonyl (C=O) groups excluding carboxylic acids is 1. The van der Waals surface area contributed by atoms with Crippen LogP contribution in [0.1, 0.15) is 97.8 Å². The standard InChI is InChI=1S/C30H54N2O2/c1-21(8-13-28(34)31-18-7-19-32(4,5)6)25-11-12-26-24-10-9-22-20-23(33)14-16-29(22,2)27(24)15-17-30(25,26)3/h21-27,33H,7-20H2,1-6H3/p+1/t21-,22?,23-,24?,25-,26?,27?,29+,30-/m1/s1. The van der Waals surface area contributed by atoms with Crippen molar-refractivity contribution >= 4 is 5.91 Å². The van der Waals surface area contributed by atoms with Crippen molar-refractivity contribution in [3.05, 3.63) is 0 Å². The van der Waals surface area contributed by atoms with Gasteiger partial charge in [0.1, 0.15) is 0 Å². The minimum atomic E-state index is -0.0463. The Hall–Kier alpha value is -0.610. The van der Waals surface area contributed by atoms with E-state index in [4.69, 9.17) is 0 Å². The van der Waals surface area contributed by atoms with Crippen LogP contribution in [0.2, 0.25) is 0 Å². The molecule has 4 fully saturated rings. The molecule has 4 nitrogen and oxygen atoms in total. The summed E-state index contributed by atoms with van der Waals surface area (Å²) in [6.07, 6.45) is 14.4. The Bertz CT molecular complexity index is 717. The predicted molar refractivity (Wildman–Crippen MR) is 140 cm³/mol. The molecule has 0 aromatic carbocycles. The molecule has 2 N–H and O–H groups in total. The summed E-state index contributed by atoms with van der Waals surface area (Å²) in [4.78, 5) is 12.5. The highest BCUT2D eigenvalue weighted by molar-refractivity contribution is 5.75. The lowest BCUT2D eigenvalue weighted by Gasteiger charge is -2.61. The number of aliphatic hydroxyl groups excluding tert-OH is 1. The molecule has 34 heavy (non-hydrogen) atoms. The molecule has 0 heterocycles. The van der Waals surface area contributed by atoms with E-state index in [0.717, 1.165) is 72.8 Å². The van der Waals surface area contributed by atoms with Crippen molar-refractivity contribution in [1.29, 1.82) is 0 Å². The molecule has 0 bridgehead atoms. The highest BCUT2D eigenvalue weighted by Crippen LogP contribution is 2.68. The van der Waals surface area contributed by atoms with Gasteiger partial charge >= 0.3 is 0 Å². The second-order valence-corrected chi connectivity index (χ2v) is 14.5. The van der Waals surface area contributed by atoms with Gasteiger partial charge in [0.2, 0.25) is 5.91 Å². The van der Waals surface area contributed by atoms with Crippen LogP contribution >= 0.6 is 0 Å². The van der Waals surface area contributed by atoms with E-state index in [1.807, 2.05) is 0 Å². The Balaban J connectivity index is 1.31. The van der Waals surface area contributed by atoms with E-state index in [1.165, 1.54) is 44.9 Å². The number of nitrogens with one attached hydrogen (secondary N) is 1. The van der Waals surface area contributed by atoms with Gasteiger partial charge in [-0.3, -0.25) is 4.79 Å². The molecular formula is C30H55N2O2+. The number of nitrogens with zero attached hydrogens (tertiary/aromatic N) is 1. The minimum Gasteiger partial charge on any atom is -0.393 e. The van der Waals surface area contributed by atoms with Gasteiger partial charge in [0.05, 0.1) is 33.8 Å². The van der Waals surface area contributed by atoms with Gasteiger partial charge in [0, 0.05) is 19.4 Å². The lowest BCUT2D eigenvalue weighted by atomic mass is 9.44. The number of amides is 1. The fourth-order valence-electron chi connectivity index (χ4n) is 9.64. The van der Waals surface area contributed by atoms with E-state index < -0.39 is 0 Å². The molecule has 0 saturated heterocycles. The van der Waals surface area contributed by atoms with Crippen molar-refractivity contribution in [2.75, 3.05) is 34.2 Å². The van der Waals surface area contributed by atoms with E-state index in [-0.39, 0.29) is 12.0 Å². The molecule has 4 saturated carbocycles. The zero-order chi connectivity index (χ0) is 24.7. The van der Waals surface area contributed by atoms with Gasteiger partial charge in [-0.05, 0) is 111 Å². The summed E-state index contributed by atoms with van der Waals surface area (Å²) in [7, 11) is 6.62. The van der Waals surface area contributed by atoms with E-state index in [1.54, 1.807) is 0 Å². The lowest BCUT2D eigenvalue weighted by molar-refractivity contribution is -0.870. The average molecular weight is 476 g/mol. The fraction of sp³-hybridized carbons (Fsp3) is 0.967. The molecule has 4 rings (SSSR count). The average Bonchev–Trinajstić information content (AvgIpc) is 3.12. The highest BCUT2D eigenvalue weighted by atomic mass is 16.3. The van der Waals surface area contributed by atoms with Crippen LogP contribution in [0, 0.1) is 46.3 Å². The van der Waals surface area contributed by atoms with Crippen molar-refractivity contribution in [3.8, 4) is 0 Å². The quantitative estimate of drug-likeness (QED) is 0.353. The summed E-state index contributed by atoms with van der Waals surface area (Å²) < 4.78 is 0.956. The monoisotopic (exact) mass is 475 g/mol. The Kier molecular flexibility index (Phi) is 7.81. The van der Waals surface area contributed by atoms with Crippen LogP contribution in [0.4, 0.5) is 0 Å². The van der Waals surface area contributed by atoms with Gasteiger partial charge in [-0.2, -0.15) is 0 Å². The first-order valence-electron chi connectivity index (χ1n) is 14.7. The van der Waals surface area contributed by atoms with Crippen LogP contribution in [0.3, 0.4) is 0 Å². The molecule has 196 valence electrons. The molecule has 0 aromatic rings. The normalized spacial score (nSPS) is 42.9. The van der Waals surface area contributed by atoms with Gasteiger partial charge in [0.25, 0.3) is 0 Å². The molecular weight excluding hydrogens is 420 g/mol. The van der Waals surface area contributed by atoms with Crippen LogP contribution in [0.15, 0.2) is 0 Å². The molecule has 4 unspecified atom stereocenters. The molecule has 1 amide bonds. The van der Waals surface area contributed by atoms with Crippen LogP contribution < -0.4 is 5.32 Å². The largest absolute Gasteiger partial charge is 0.393 e. The number of quaternary nitrogens is 1. The van der Waals surface area contributed by atoms with Crippen LogP contribution in [0.5, 0.6) is 0 Å². The van der Waals surface area contributed by atoms with Crippen LogP contribution in [0.25, 0.3) is 0 Å². The highest BCUT2D eigenvalue weighted by Gasteiger charge is 2.60. The maximum atomic E-state index is 12.5. The minimum absolute atomic E-state index is 0.0463. The van der Waals surface area contributed by atoms with Crippen molar-refractivity contribution in [1.82, 2.24) is 5.32 Å². The van der Waals surface area contributed by atoms with Gasteiger partial charge in [-0.25, -0.2) is 0 Å². The van der Waals surface area contributed by atoms with Gasteiger partial charge in [-0.1, -0.05) is 20.8 Å². The summed E-state index contributed by atoms with van der Waals surface area (Å²) in [6.45, 7) is 9.57. The number of carbonyl (C=O) groups is 1. The number of rotatable bonds is 8. The first-order valence-corrected chi connectivity index (χ1v) is 14.7. The second kappa shape index (κ2) is 10.0. The third-order valence-electron chi connectivity index (χ3n) is 11.6. The summed E-state index contributed by atoms with van der Waals surface area (Å²) >= 11 is 0. The zero-order valence-corrected chi connectivity index (χ0v) is 23.2. The van der Waals surface area contributed by atoms with Crippen LogP contribution in [-0.2, 0) is 4.79 Å². The number of fused-ring (bicyclic) bond motifs is 5. The number of hydrogen-bond acceptors (Lipinski definition) is 2. The second-order valence-electron chi connectivity index (χ2n) is 14.5. The molecule has 4 heteroatoms. The maximum Gasteiger partial charge on any atom is 0.220 e. The molecule has 9 atom stereocenters. The van der Waals surface area contributed by atoms with Gasteiger partial charge in [0.15, 0.2) is 0 Å². The van der Waals surface area contributed by atoms with Gasteiger partial charge < -0.3 is 14.9 Å². The molecule has 4 aliphatic rings. The smallest absolute Gasteiger partial charge is 0.220 e. The maximum absolute atomic E-state index is 12.5. The first-order chi connectivity index (χ1) is 15.9. The Morgan fingerprint density at radius 3 is 2.44 bits per heavy atom. The molecule has 0 aliphatic heterocycles. The fourth-order valence-corrected chi connectivity index (χ4v) is 9.64. The summed E-state index contributed by atoms with van der Waals surface area (Å²) in [5.74, 6) is 5.08. The Labute approximate surface area is 210 Å². The lowest BCUT2D eigenvalue weighted by Crippen LogP contribution is -2.54. The summed E-state index contributed by atoms with van der Waals surface area (Å²) in [5, 5.41) is 13.5. The SMILES string of the molecule is C[C@H](CCC(=O)NCCC[N+](C)(C)C)[C@H]1CCC2C3CCC4C[C@H](O)CC[C@]4(C)C3CC[C@@]21C. The summed E-state index contributed by atoms with van der Waals surface area (Å²) in [6, 6.07) is 0. The van der Waals surface area contributed by atoms with E-state index in [2.05, 4.69) is 47.2 Å².